The zero-order valence-electron chi connectivity index (χ0n) is 12.8. The van der Waals surface area contributed by atoms with Crippen molar-refractivity contribution in [2.45, 2.75) is 20.3 Å². The predicted molar refractivity (Wildman–Crippen MR) is 88.5 cm³/mol. The standard InChI is InChI=1S/C16H21ClN4O/c1-3-15-14(16(22)19-9-11(2)8-18)10-20-21(15)13-6-4-5-12(17)7-13/h4-7,10-11H,3,8-9,18H2,1-2H3,(H,19,22). The first-order valence-electron chi connectivity index (χ1n) is 7.37. The molecule has 0 saturated heterocycles. The van der Waals surface area contributed by atoms with Gasteiger partial charge in [0, 0.05) is 11.6 Å². The topological polar surface area (TPSA) is 72.9 Å². The molecular formula is C16H21ClN4O. The van der Waals surface area contributed by atoms with Crippen LogP contribution in [-0.2, 0) is 6.42 Å². The molecule has 1 unspecified atom stereocenters. The Morgan fingerprint density at radius 1 is 1.50 bits per heavy atom. The molecule has 0 radical (unpaired) electrons. The lowest BCUT2D eigenvalue weighted by Gasteiger charge is -2.11. The second-order valence-corrected chi connectivity index (χ2v) is 5.74. The third-order valence-electron chi connectivity index (χ3n) is 3.51. The van der Waals surface area contributed by atoms with Crippen molar-refractivity contribution in [2.75, 3.05) is 13.1 Å². The van der Waals surface area contributed by atoms with Crippen molar-refractivity contribution in [1.29, 1.82) is 0 Å². The van der Waals surface area contributed by atoms with E-state index in [0.717, 1.165) is 11.4 Å². The maximum absolute atomic E-state index is 12.3. The summed E-state index contributed by atoms with van der Waals surface area (Å²) in [6.45, 7) is 5.09. The van der Waals surface area contributed by atoms with Gasteiger partial charge in [0.05, 0.1) is 23.1 Å². The van der Waals surface area contributed by atoms with E-state index in [9.17, 15) is 4.79 Å². The monoisotopic (exact) mass is 320 g/mol. The molecule has 1 amide bonds. The van der Waals surface area contributed by atoms with Gasteiger partial charge >= 0.3 is 0 Å². The van der Waals surface area contributed by atoms with Crippen LogP contribution in [0.4, 0.5) is 0 Å². The molecule has 3 N–H and O–H groups in total. The van der Waals surface area contributed by atoms with E-state index < -0.39 is 0 Å². The van der Waals surface area contributed by atoms with E-state index >= 15 is 0 Å². The molecule has 1 heterocycles. The van der Waals surface area contributed by atoms with Gasteiger partial charge in [0.2, 0.25) is 0 Å². The minimum absolute atomic E-state index is 0.120. The molecular weight excluding hydrogens is 300 g/mol. The number of benzene rings is 1. The van der Waals surface area contributed by atoms with Gasteiger partial charge in [-0.15, -0.1) is 0 Å². The maximum atomic E-state index is 12.3. The van der Waals surface area contributed by atoms with Crippen LogP contribution in [-0.4, -0.2) is 28.8 Å². The number of nitrogens with one attached hydrogen (secondary N) is 1. The Labute approximate surface area is 135 Å². The summed E-state index contributed by atoms with van der Waals surface area (Å²) in [6.07, 6.45) is 2.30. The van der Waals surface area contributed by atoms with Gasteiger partial charge in [0.1, 0.15) is 0 Å². The van der Waals surface area contributed by atoms with Crippen LogP contribution in [0, 0.1) is 5.92 Å². The molecule has 0 saturated carbocycles. The highest BCUT2D eigenvalue weighted by Gasteiger charge is 2.17. The number of nitrogens with two attached hydrogens (primary N) is 1. The van der Waals surface area contributed by atoms with Crippen molar-refractivity contribution in [3.8, 4) is 5.69 Å². The molecule has 2 aromatic rings. The van der Waals surface area contributed by atoms with E-state index in [0.29, 0.717) is 30.1 Å². The molecule has 118 valence electrons. The summed E-state index contributed by atoms with van der Waals surface area (Å²) in [5.74, 6) is 0.127. The van der Waals surface area contributed by atoms with Gasteiger partial charge in [-0.2, -0.15) is 5.10 Å². The fourth-order valence-corrected chi connectivity index (χ4v) is 2.36. The average Bonchev–Trinajstić information content (AvgIpc) is 2.96. The van der Waals surface area contributed by atoms with Crippen LogP contribution < -0.4 is 11.1 Å². The zero-order valence-corrected chi connectivity index (χ0v) is 13.6. The van der Waals surface area contributed by atoms with Crippen LogP contribution in [0.2, 0.25) is 5.02 Å². The van der Waals surface area contributed by atoms with Crippen LogP contribution in [0.25, 0.3) is 5.69 Å². The molecule has 0 bridgehead atoms. The Morgan fingerprint density at radius 3 is 2.91 bits per heavy atom. The Bertz CT molecular complexity index is 653. The first-order chi connectivity index (χ1) is 10.6. The van der Waals surface area contributed by atoms with Crippen molar-refractivity contribution in [2.24, 2.45) is 11.7 Å². The summed E-state index contributed by atoms with van der Waals surface area (Å²) < 4.78 is 1.76. The smallest absolute Gasteiger partial charge is 0.254 e. The number of rotatable bonds is 6. The Hall–Kier alpha value is -1.85. The van der Waals surface area contributed by atoms with Gasteiger partial charge in [-0.05, 0) is 37.1 Å². The number of nitrogens with zero attached hydrogens (tertiary/aromatic N) is 2. The summed E-state index contributed by atoms with van der Waals surface area (Å²) in [4.78, 5) is 12.3. The van der Waals surface area contributed by atoms with Crippen molar-refractivity contribution in [3.05, 3.63) is 46.7 Å². The fraction of sp³-hybridized carbons (Fsp3) is 0.375. The molecule has 0 spiro atoms. The molecule has 2 rings (SSSR count). The van der Waals surface area contributed by atoms with Crippen LogP contribution in [0.5, 0.6) is 0 Å². The minimum atomic E-state index is -0.120. The third-order valence-corrected chi connectivity index (χ3v) is 3.75. The molecule has 0 aliphatic carbocycles. The lowest BCUT2D eigenvalue weighted by atomic mass is 10.1. The molecule has 0 fully saturated rings. The Morgan fingerprint density at radius 2 is 2.27 bits per heavy atom. The SMILES string of the molecule is CCc1c(C(=O)NCC(C)CN)cnn1-c1cccc(Cl)c1. The highest BCUT2D eigenvalue weighted by atomic mass is 35.5. The average molecular weight is 321 g/mol. The van der Waals surface area contributed by atoms with E-state index in [2.05, 4.69) is 10.4 Å². The van der Waals surface area contributed by atoms with Crippen LogP contribution in [0.15, 0.2) is 30.5 Å². The Balaban J connectivity index is 2.26. The Kier molecular flexibility index (Phi) is 5.57. The van der Waals surface area contributed by atoms with Gasteiger partial charge in [-0.1, -0.05) is 31.5 Å². The lowest BCUT2D eigenvalue weighted by Crippen LogP contribution is -2.31. The van der Waals surface area contributed by atoms with Crippen LogP contribution >= 0.6 is 11.6 Å². The molecule has 22 heavy (non-hydrogen) atoms. The normalized spacial score (nSPS) is 12.2. The number of hydrogen-bond donors (Lipinski definition) is 2. The third kappa shape index (κ3) is 3.67. The first kappa shape index (κ1) is 16.5. The predicted octanol–water partition coefficient (Wildman–Crippen LogP) is 2.41. The molecule has 0 aliphatic heterocycles. The highest BCUT2D eigenvalue weighted by Crippen LogP contribution is 2.19. The number of carbonyl (C=O) groups excluding carboxylic acids is 1. The number of halogens is 1. The second-order valence-electron chi connectivity index (χ2n) is 5.30. The van der Waals surface area contributed by atoms with Gasteiger partial charge in [0.25, 0.3) is 5.91 Å². The van der Waals surface area contributed by atoms with E-state index in [1.165, 1.54) is 0 Å². The number of carbonyl (C=O) groups is 1. The number of aromatic nitrogens is 2. The molecule has 1 aromatic carbocycles. The number of amides is 1. The van der Waals surface area contributed by atoms with Gasteiger partial charge in [0.15, 0.2) is 0 Å². The van der Waals surface area contributed by atoms with Crippen molar-refractivity contribution >= 4 is 17.5 Å². The summed E-state index contributed by atoms with van der Waals surface area (Å²) in [6, 6.07) is 7.41. The van der Waals surface area contributed by atoms with E-state index in [1.54, 1.807) is 10.9 Å². The molecule has 1 atom stereocenters. The van der Waals surface area contributed by atoms with E-state index in [4.69, 9.17) is 17.3 Å². The maximum Gasteiger partial charge on any atom is 0.254 e. The second kappa shape index (κ2) is 7.42. The van der Waals surface area contributed by atoms with Crippen LogP contribution in [0.3, 0.4) is 0 Å². The van der Waals surface area contributed by atoms with Gasteiger partial charge in [-0.3, -0.25) is 4.79 Å². The molecule has 6 heteroatoms. The van der Waals surface area contributed by atoms with E-state index in [1.807, 2.05) is 38.1 Å². The van der Waals surface area contributed by atoms with Gasteiger partial charge in [-0.25, -0.2) is 4.68 Å². The number of hydrogen-bond acceptors (Lipinski definition) is 3. The first-order valence-corrected chi connectivity index (χ1v) is 7.75. The summed E-state index contributed by atoms with van der Waals surface area (Å²) in [5, 5.41) is 7.88. The van der Waals surface area contributed by atoms with E-state index in [-0.39, 0.29) is 11.8 Å². The molecule has 5 nitrogen and oxygen atoms in total. The van der Waals surface area contributed by atoms with Crippen LogP contribution in [0.1, 0.15) is 29.9 Å². The lowest BCUT2D eigenvalue weighted by molar-refractivity contribution is 0.0947. The summed E-state index contributed by atoms with van der Waals surface area (Å²) in [5.41, 5.74) is 7.86. The summed E-state index contributed by atoms with van der Waals surface area (Å²) in [7, 11) is 0. The fourth-order valence-electron chi connectivity index (χ4n) is 2.18. The molecule has 0 aliphatic rings. The van der Waals surface area contributed by atoms with Crippen molar-refractivity contribution in [1.82, 2.24) is 15.1 Å². The van der Waals surface area contributed by atoms with Crippen molar-refractivity contribution < 1.29 is 4.79 Å². The largest absolute Gasteiger partial charge is 0.352 e. The minimum Gasteiger partial charge on any atom is -0.352 e. The molecule has 1 aromatic heterocycles. The highest BCUT2D eigenvalue weighted by molar-refractivity contribution is 6.30. The quantitative estimate of drug-likeness (QED) is 0.858. The zero-order chi connectivity index (χ0) is 16.1. The van der Waals surface area contributed by atoms with Crippen molar-refractivity contribution in [3.63, 3.8) is 0 Å². The van der Waals surface area contributed by atoms with Gasteiger partial charge < -0.3 is 11.1 Å². The summed E-state index contributed by atoms with van der Waals surface area (Å²) >= 11 is 6.03.